The Kier molecular flexibility index (Phi) is 3.40. The number of aromatic amines is 1. The topological polar surface area (TPSA) is 89.7 Å². The van der Waals surface area contributed by atoms with Crippen LogP contribution in [0.2, 0.25) is 0 Å². The summed E-state index contributed by atoms with van der Waals surface area (Å²) in [6, 6.07) is 7.88. The molecular weight excluding hydrogens is 258 g/mol. The standard InChI is InChI=1S/C13H13N5O2/c1-9-3-2-4-10(7-9)19-6-5-11-16-13(18-20-11)12-14-8-15-17-12/h2-4,7-8H,5-6H2,1H3,(H,14,15,17). The number of hydrogen-bond donors (Lipinski definition) is 1. The van der Waals surface area contributed by atoms with Crippen LogP contribution in [0.3, 0.4) is 0 Å². The number of hydrogen-bond acceptors (Lipinski definition) is 6. The van der Waals surface area contributed by atoms with Gasteiger partial charge in [0.05, 0.1) is 13.0 Å². The largest absolute Gasteiger partial charge is 0.493 e. The predicted octanol–water partition coefficient (Wildman–Crippen LogP) is 1.78. The summed E-state index contributed by atoms with van der Waals surface area (Å²) in [5, 5.41) is 10.2. The molecule has 1 aromatic carbocycles. The Bertz CT molecular complexity index is 678. The van der Waals surface area contributed by atoms with E-state index in [4.69, 9.17) is 9.26 Å². The van der Waals surface area contributed by atoms with Crippen LogP contribution in [0.15, 0.2) is 35.1 Å². The molecule has 3 rings (SSSR count). The summed E-state index contributed by atoms with van der Waals surface area (Å²) >= 11 is 0. The van der Waals surface area contributed by atoms with Gasteiger partial charge in [-0.15, -0.1) is 0 Å². The second-order valence-electron chi connectivity index (χ2n) is 4.26. The highest BCUT2D eigenvalue weighted by Gasteiger charge is 2.10. The molecule has 0 saturated heterocycles. The average Bonchev–Trinajstić information content (AvgIpc) is 3.09. The van der Waals surface area contributed by atoms with Crippen molar-refractivity contribution in [2.75, 3.05) is 6.61 Å². The van der Waals surface area contributed by atoms with E-state index in [-0.39, 0.29) is 0 Å². The quantitative estimate of drug-likeness (QED) is 0.760. The van der Waals surface area contributed by atoms with Gasteiger partial charge in [-0.1, -0.05) is 17.3 Å². The highest BCUT2D eigenvalue weighted by Crippen LogP contribution is 2.13. The monoisotopic (exact) mass is 271 g/mol. The van der Waals surface area contributed by atoms with Gasteiger partial charge >= 0.3 is 0 Å². The summed E-state index contributed by atoms with van der Waals surface area (Å²) in [6.07, 6.45) is 1.93. The van der Waals surface area contributed by atoms with Gasteiger partial charge in [-0.25, -0.2) is 4.98 Å². The first kappa shape index (κ1) is 12.3. The zero-order valence-electron chi connectivity index (χ0n) is 10.9. The lowest BCUT2D eigenvalue weighted by Crippen LogP contribution is -2.01. The van der Waals surface area contributed by atoms with Crippen LogP contribution in [0.5, 0.6) is 5.75 Å². The molecule has 0 spiro atoms. The number of benzene rings is 1. The van der Waals surface area contributed by atoms with Gasteiger partial charge in [0.15, 0.2) is 5.82 Å². The molecule has 0 amide bonds. The van der Waals surface area contributed by atoms with Gasteiger partial charge in [-0.3, -0.25) is 5.10 Å². The third-order valence-electron chi connectivity index (χ3n) is 2.67. The number of H-pyrrole nitrogens is 1. The van der Waals surface area contributed by atoms with Gasteiger partial charge in [0.2, 0.25) is 11.7 Å². The molecule has 0 aliphatic carbocycles. The average molecular weight is 271 g/mol. The van der Waals surface area contributed by atoms with E-state index in [0.29, 0.717) is 30.6 Å². The molecule has 2 heterocycles. The van der Waals surface area contributed by atoms with Crippen molar-refractivity contribution in [3.63, 3.8) is 0 Å². The summed E-state index contributed by atoms with van der Waals surface area (Å²) in [6.45, 7) is 2.50. The van der Waals surface area contributed by atoms with E-state index in [1.54, 1.807) is 0 Å². The Hall–Kier alpha value is -2.70. The molecule has 20 heavy (non-hydrogen) atoms. The van der Waals surface area contributed by atoms with E-state index in [1.807, 2.05) is 31.2 Å². The lowest BCUT2D eigenvalue weighted by atomic mass is 10.2. The maximum atomic E-state index is 5.63. The van der Waals surface area contributed by atoms with Crippen LogP contribution in [-0.2, 0) is 6.42 Å². The normalized spacial score (nSPS) is 10.7. The molecule has 0 saturated carbocycles. The smallest absolute Gasteiger partial charge is 0.239 e. The Labute approximate surface area is 115 Å². The van der Waals surface area contributed by atoms with Gasteiger partial charge < -0.3 is 9.26 Å². The number of nitrogens with zero attached hydrogens (tertiary/aromatic N) is 4. The summed E-state index contributed by atoms with van der Waals surface area (Å²) < 4.78 is 10.7. The maximum absolute atomic E-state index is 5.63. The predicted molar refractivity (Wildman–Crippen MR) is 70.1 cm³/mol. The lowest BCUT2D eigenvalue weighted by molar-refractivity contribution is 0.292. The third kappa shape index (κ3) is 2.82. The minimum absolute atomic E-state index is 0.396. The van der Waals surface area contributed by atoms with Crippen molar-refractivity contribution in [2.45, 2.75) is 13.3 Å². The molecule has 0 bridgehead atoms. The first-order chi connectivity index (χ1) is 9.81. The minimum atomic E-state index is 0.396. The van der Waals surface area contributed by atoms with Crippen molar-refractivity contribution in [3.05, 3.63) is 42.0 Å². The van der Waals surface area contributed by atoms with Crippen LogP contribution in [0, 0.1) is 6.92 Å². The van der Waals surface area contributed by atoms with E-state index in [0.717, 1.165) is 11.3 Å². The molecule has 0 atom stereocenters. The SMILES string of the molecule is Cc1cccc(OCCc2nc(-c3ncn[nH]3)no2)c1. The molecule has 102 valence electrons. The summed E-state index contributed by atoms with van der Waals surface area (Å²) in [7, 11) is 0. The molecule has 1 N–H and O–H groups in total. The van der Waals surface area contributed by atoms with E-state index in [1.165, 1.54) is 6.33 Å². The summed E-state index contributed by atoms with van der Waals surface area (Å²) in [5.74, 6) is 2.22. The third-order valence-corrected chi connectivity index (χ3v) is 2.67. The van der Waals surface area contributed by atoms with Crippen molar-refractivity contribution in [3.8, 4) is 17.4 Å². The molecule has 0 fully saturated rings. The number of nitrogens with one attached hydrogen (secondary N) is 1. The van der Waals surface area contributed by atoms with E-state index >= 15 is 0 Å². The molecule has 2 aromatic heterocycles. The number of aromatic nitrogens is 5. The van der Waals surface area contributed by atoms with Crippen molar-refractivity contribution in [1.82, 2.24) is 25.3 Å². The zero-order chi connectivity index (χ0) is 13.8. The molecular formula is C13H13N5O2. The van der Waals surface area contributed by atoms with Crippen LogP contribution in [0.25, 0.3) is 11.6 Å². The first-order valence-electron chi connectivity index (χ1n) is 6.19. The van der Waals surface area contributed by atoms with E-state index in [2.05, 4.69) is 25.3 Å². The zero-order valence-corrected chi connectivity index (χ0v) is 10.9. The summed E-state index contributed by atoms with van der Waals surface area (Å²) in [5.41, 5.74) is 1.16. The van der Waals surface area contributed by atoms with Crippen LogP contribution in [0.4, 0.5) is 0 Å². The fourth-order valence-corrected chi connectivity index (χ4v) is 1.73. The number of ether oxygens (including phenoxy) is 1. The van der Waals surface area contributed by atoms with Crippen molar-refractivity contribution in [2.24, 2.45) is 0 Å². The van der Waals surface area contributed by atoms with Crippen LogP contribution in [0.1, 0.15) is 11.5 Å². The first-order valence-corrected chi connectivity index (χ1v) is 6.19. The van der Waals surface area contributed by atoms with Gasteiger partial charge in [0, 0.05) is 0 Å². The van der Waals surface area contributed by atoms with E-state index in [9.17, 15) is 0 Å². The highest BCUT2D eigenvalue weighted by molar-refractivity contribution is 5.39. The van der Waals surface area contributed by atoms with Crippen LogP contribution < -0.4 is 4.74 Å². The molecule has 0 unspecified atom stereocenters. The fraction of sp³-hybridized carbons (Fsp3) is 0.231. The Morgan fingerprint density at radius 2 is 2.30 bits per heavy atom. The molecule has 0 aliphatic rings. The number of rotatable bonds is 5. The minimum Gasteiger partial charge on any atom is -0.493 e. The Morgan fingerprint density at radius 3 is 3.10 bits per heavy atom. The van der Waals surface area contributed by atoms with Gasteiger partial charge in [-0.2, -0.15) is 10.1 Å². The van der Waals surface area contributed by atoms with Crippen molar-refractivity contribution < 1.29 is 9.26 Å². The van der Waals surface area contributed by atoms with E-state index < -0.39 is 0 Å². The second-order valence-corrected chi connectivity index (χ2v) is 4.26. The number of aryl methyl sites for hydroxylation is 1. The summed E-state index contributed by atoms with van der Waals surface area (Å²) in [4.78, 5) is 8.16. The van der Waals surface area contributed by atoms with Crippen LogP contribution >= 0.6 is 0 Å². The van der Waals surface area contributed by atoms with Gasteiger partial charge in [-0.05, 0) is 24.6 Å². The molecule has 0 radical (unpaired) electrons. The molecule has 7 heteroatoms. The van der Waals surface area contributed by atoms with Gasteiger partial charge in [0.1, 0.15) is 12.1 Å². The highest BCUT2D eigenvalue weighted by atomic mass is 16.5. The Balaban J connectivity index is 1.57. The van der Waals surface area contributed by atoms with Crippen LogP contribution in [-0.4, -0.2) is 31.9 Å². The van der Waals surface area contributed by atoms with Crippen molar-refractivity contribution >= 4 is 0 Å². The fourth-order valence-electron chi connectivity index (χ4n) is 1.73. The molecule has 0 aliphatic heterocycles. The molecule has 3 aromatic rings. The second kappa shape index (κ2) is 5.52. The van der Waals surface area contributed by atoms with Gasteiger partial charge in [0.25, 0.3) is 0 Å². The molecule has 7 nitrogen and oxygen atoms in total. The lowest BCUT2D eigenvalue weighted by Gasteiger charge is -2.04. The maximum Gasteiger partial charge on any atom is 0.239 e. The van der Waals surface area contributed by atoms with Crippen molar-refractivity contribution in [1.29, 1.82) is 0 Å². The Morgan fingerprint density at radius 1 is 1.35 bits per heavy atom.